The second-order valence-corrected chi connectivity index (χ2v) is 4.65. The van der Waals surface area contributed by atoms with Crippen molar-refractivity contribution < 1.29 is 24.2 Å². The third-order valence-electron chi connectivity index (χ3n) is 3.53. The molecule has 2 unspecified atom stereocenters. The van der Waals surface area contributed by atoms with Crippen molar-refractivity contribution in [3.8, 4) is 5.75 Å². The van der Waals surface area contributed by atoms with Crippen LogP contribution in [-0.4, -0.2) is 30.0 Å². The standard InChI is InChI=1S/C13H11NO5/c1-19-10-3-2-6(13(17)18)4-9(10)14-11(15)7-5-8(7)12(14)16/h2-4,7-8H,5H2,1H3,(H,17,18). The van der Waals surface area contributed by atoms with E-state index in [1.165, 1.54) is 25.3 Å². The van der Waals surface area contributed by atoms with Gasteiger partial charge < -0.3 is 9.84 Å². The predicted octanol–water partition coefficient (Wildman–Crippen LogP) is 0.903. The summed E-state index contributed by atoms with van der Waals surface area (Å²) >= 11 is 0. The molecule has 0 aromatic heterocycles. The number of methoxy groups -OCH3 is 1. The van der Waals surface area contributed by atoms with Crippen molar-refractivity contribution in [2.45, 2.75) is 6.42 Å². The van der Waals surface area contributed by atoms with E-state index in [0.29, 0.717) is 12.2 Å². The normalized spacial score (nSPS) is 24.4. The third-order valence-corrected chi connectivity index (χ3v) is 3.53. The molecule has 1 heterocycles. The first-order chi connectivity index (χ1) is 9.04. The zero-order chi connectivity index (χ0) is 13.7. The van der Waals surface area contributed by atoms with Crippen molar-refractivity contribution in [1.29, 1.82) is 0 Å². The maximum Gasteiger partial charge on any atom is 0.335 e. The van der Waals surface area contributed by atoms with Crippen molar-refractivity contribution >= 4 is 23.5 Å². The molecule has 0 radical (unpaired) electrons. The highest BCUT2D eigenvalue weighted by atomic mass is 16.5. The van der Waals surface area contributed by atoms with Gasteiger partial charge in [0.25, 0.3) is 0 Å². The van der Waals surface area contributed by atoms with Crippen LogP contribution in [0, 0.1) is 11.8 Å². The fourth-order valence-corrected chi connectivity index (χ4v) is 2.42. The predicted molar refractivity (Wildman–Crippen MR) is 64.0 cm³/mol. The van der Waals surface area contributed by atoms with Gasteiger partial charge in [-0.2, -0.15) is 0 Å². The molecule has 3 rings (SSSR count). The number of benzene rings is 1. The molecule has 2 atom stereocenters. The average Bonchev–Trinajstić information content (AvgIpc) is 3.14. The number of nitrogens with zero attached hydrogens (tertiary/aromatic N) is 1. The fraction of sp³-hybridized carbons (Fsp3) is 0.308. The summed E-state index contributed by atoms with van der Waals surface area (Å²) in [5.74, 6) is -1.80. The number of aromatic carboxylic acids is 1. The zero-order valence-corrected chi connectivity index (χ0v) is 10.1. The number of carbonyl (C=O) groups excluding carboxylic acids is 2. The number of ether oxygens (including phenoxy) is 1. The molecule has 19 heavy (non-hydrogen) atoms. The van der Waals surface area contributed by atoms with Crippen LogP contribution in [0.15, 0.2) is 18.2 Å². The van der Waals surface area contributed by atoms with E-state index in [4.69, 9.17) is 9.84 Å². The minimum atomic E-state index is -1.12. The summed E-state index contributed by atoms with van der Waals surface area (Å²) in [6, 6.07) is 4.11. The van der Waals surface area contributed by atoms with Crippen molar-refractivity contribution in [3.05, 3.63) is 23.8 Å². The number of imide groups is 1. The van der Waals surface area contributed by atoms with Gasteiger partial charge in [-0.25, -0.2) is 9.69 Å². The van der Waals surface area contributed by atoms with Gasteiger partial charge >= 0.3 is 5.97 Å². The van der Waals surface area contributed by atoms with E-state index in [-0.39, 0.29) is 34.9 Å². The smallest absolute Gasteiger partial charge is 0.335 e. The molecule has 1 saturated carbocycles. The number of piperidine rings is 1. The van der Waals surface area contributed by atoms with Crippen LogP contribution in [0.2, 0.25) is 0 Å². The van der Waals surface area contributed by atoms with E-state index >= 15 is 0 Å². The molecular formula is C13H11NO5. The first-order valence-corrected chi connectivity index (χ1v) is 5.83. The minimum absolute atomic E-state index is 0.0111. The molecule has 6 nitrogen and oxygen atoms in total. The van der Waals surface area contributed by atoms with Crippen molar-refractivity contribution in [1.82, 2.24) is 0 Å². The fourth-order valence-electron chi connectivity index (χ4n) is 2.42. The summed E-state index contributed by atoms with van der Waals surface area (Å²) in [5.41, 5.74) is 0.224. The van der Waals surface area contributed by atoms with Crippen LogP contribution in [-0.2, 0) is 9.59 Å². The zero-order valence-electron chi connectivity index (χ0n) is 10.1. The second-order valence-electron chi connectivity index (χ2n) is 4.65. The number of carboxylic acid groups (broad SMARTS) is 1. The van der Waals surface area contributed by atoms with Crippen LogP contribution < -0.4 is 9.64 Å². The van der Waals surface area contributed by atoms with Crippen LogP contribution in [0.5, 0.6) is 5.75 Å². The lowest BCUT2D eigenvalue weighted by atomic mass is 10.1. The molecule has 1 aromatic rings. The van der Waals surface area contributed by atoms with Gasteiger partial charge in [0, 0.05) is 0 Å². The summed E-state index contributed by atoms with van der Waals surface area (Å²) in [7, 11) is 1.41. The molecule has 98 valence electrons. The van der Waals surface area contributed by atoms with Gasteiger partial charge in [0.15, 0.2) is 0 Å². The quantitative estimate of drug-likeness (QED) is 0.817. The SMILES string of the molecule is COc1ccc(C(=O)O)cc1N1C(=O)C2CC2C1=O. The van der Waals surface area contributed by atoms with Crippen LogP contribution >= 0.6 is 0 Å². The van der Waals surface area contributed by atoms with E-state index in [1.54, 1.807) is 0 Å². The van der Waals surface area contributed by atoms with Crippen molar-refractivity contribution in [2.24, 2.45) is 11.8 Å². The van der Waals surface area contributed by atoms with Gasteiger partial charge in [0.1, 0.15) is 5.75 Å². The molecule has 0 bridgehead atoms. The topological polar surface area (TPSA) is 83.9 Å². The molecule has 1 aliphatic carbocycles. The van der Waals surface area contributed by atoms with E-state index in [0.717, 1.165) is 4.90 Å². The molecule has 2 fully saturated rings. The highest BCUT2D eigenvalue weighted by molar-refractivity contribution is 6.25. The van der Waals surface area contributed by atoms with Gasteiger partial charge in [0.05, 0.1) is 30.2 Å². The number of carbonyl (C=O) groups is 3. The second kappa shape index (κ2) is 3.81. The molecule has 1 aromatic carbocycles. The van der Waals surface area contributed by atoms with E-state index < -0.39 is 5.97 Å². The number of carboxylic acids is 1. The molecule has 1 saturated heterocycles. The van der Waals surface area contributed by atoms with Crippen LogP contribution in [0.4, 0.5) is 5.69 Å². The van der Waals surface area contributed by atoms with Crippen LogP contribution in [0.25, 0.3) is 0 Å². The van der Waals surface area contributed by atoms with E-state index in [9.17, 15) is 14.4 Å². The highest BCUT2D eigenvalue weighted by Gasteiger charge is 2.59. The maximum absolute atomic E-state index is 12.0. The molecular weight excluding hydrogens is 250 g/mol. The highest BCUT2D eigenvalue weighted by Crippen LogP contribution is 2.49. The van der Waals surface area contributed by atoms with Crippen LogP contribution in [0.1, 0.15) is 16.8 Å². The number of amides is 2. The Bertz CT molecular complexity index is 589. The minimum Gasteiger partial charge on any atom is -0.495 e. The first kappa shape index (κ1) is 11.7. The Hall–Kier alpha value is -2.37. The number of hydrogen-bond donors (Lipinski definition) is 1. The molecule has 1 aliphatic heterocycles. The third kappa shape index (κ3) is 1.60. The van der Waals surface area contributed by atoms with E-state index in [1.807, 2.05) is 0 Å². The van der Waals surface area contributed by atoms with Gasteiger partial charge in [-0.1, -0.05) is 0 Å². The lowest BCUT2D eigenvalue weighted by molar-refractivity contribution is -0.123. The molecule has 2 aliphatic rings. The van der Waals surface area contributed by atoms with E-state index in [2.05, 4.69) is 0 Å². The Balaban J connectivity index is 2.08. The Morgan fingerprint density at radius 1 is 1.32 bits per heavy atom. The number of rotatable bonds is 3. The number of fused-ring (bicyclic) bond motifs is 1. The Kier molecular flexibility index (Phi) is 2.35. The first-order valence-electron chi connectivity index (χ1n) is 5.83. The maximum atomic E-state index is 12.0. The Morgan fingerprint density at radius 3 is 2.47 bits per heavy atom. The Morgan fingerprint density at radius 2 is 1.95 bits per heavy atom. The summed E-state index contributed by atoms with van der Waals surface area (Å²) in [5, 5.41) is 8.98. The van der Waals surface area contributed by atoms with Crippen molar-refractivity contribution in [3.63, 3.8) is 0 Å². The van der Waals surface area contributed by atoms with Gasteiger partial charge in [-0.05, 0) is 24.6 Å². The van der Waals surface area contributed by atoms with Crippen LogP contribution in [0.3, 0.4) is 0 Å². The summed E-state index contributed by atoms with van der Waals surface area (Å²) in [6.07, 6.45) is 0.606. The molecule has 6 heteroatoms. The largest absolute Gasteiger partial charge is 0.495 e. The average molecular weight is 261 g/mol. The van der Waals surface area contributed by atoms with Gasteiger partial charge in [-0.15, -0.1) is 0 Å². The number of hydrogen-bond acceptors (Lipinski definition) is 4. The lowest BCUT2D eigenvalue weighted by Crippen LogP contribution is -2.33. The molecule has 2 amide bonds. The lowest BCUT2D eigenvalue weighted by Gasteiger charge is -2.19. The summed E-state index contributed by atoms with van der Waals surface area (Å²) < 4.78 is 5.10. The van der Waals surface area contributed by atoms with Gasteiger partial charge in [-0.3, -0.25) is 9.59 Å². The van der Waals surface area contributed by atoms with Gasteiger partial charge in [0.2, 0.25) is 11.8 Å². The monoisotopic (exact) mass is 261 g/mol. The molecule has 0 spiro atoms. The number of anilines is 1. The Labute approximate surface area is 108 Å². The summed E-state index contributed by atoms with van der Waals surface area (Å²) in [6.45, 7) is 0. The van der Waals surface area contributed by atoms with Crippen molar-refractivity contribution in [2.75, 3.05) is 12.0 Å². The molecule has 1 N–H and O–H groups in total. The summed E-state index contributed by atoms with van der Waals surface area (Å²) in [4.78, 5) is 36.0.